The highest BCUT2D eigenvalue weighted by molar-refractivity contribution is 6.02. The first kappa shape index (κ1) is 15.1. The molecule has 0 saturated carbocycles. The van der Waals surface area contributed by atoms with Crippen molar-refractivity contribution >= 4 is 17.5 Å². The lowest BCUT2D eigenvalue weighted by Gasteiger charge is -2.30. The first-order chi connectivity index (χ1) is 11.1. The van der Waals surface area contributed by atoms with E-state index in [1.54, 1.807) is 24.3 Å². The Morgan fingerprint density at radius 3 is 2.83 bits per heavy atom. The molecule has 6 nitrogen and oxygen atoms in total. The standard InChI is InChI=1S/C17H18N4O2/c1-11-8-19-12(9-18-11)10-20-17(23)14-7-16(22)21(2)15-6-4-3-5-13(14)15/h3-6,8-9,14H,7,10H2,1-2H3,(H,20,23)/t14-/m0/s1. The summed E-state index contributed by atoms with van der Waals surface area (Å²) < 4.78 is 0. The van der Waals surface area contributed by atoms with Crippen molar-refractivity contribution in [3.8, 4) is 0 Å². The second-order valence-corrected chi connectivity index (χ2v) is 5.64. The molecule has 23 heavy (non-hydrogen) atoms. The maximum atomic E-state index is 12.5. The molecule has 1 atom stereocenters. The number of aryl methyl sites for hydroxylation is 1. The van der Waals surface area contributed by atoms with Crippen LogP contribution in [0.5, 0.6) is 0 Å². The minimum absolute atomic E-state index is 0.0565. The minimum Gasteiger partial charge on any atom is -0.350 e. The Labute approximate surface area is 134 Å². The zero-order valence-corrected chi connectivity index (χ0v) is 13.1. The molecule has 3 rings (SSSR count). The molecule has 1 aromatic carbocycles. The number of hydrogen-bond acceptors (Lipinski definition) is 4. The van der Waals surface area contributed by atoms with Crippen LogP contribution in [0.1, 0.15) is 29.3 Å². The Morgan fingerprint density at radius 1 is 1.30 bits per heavy atom. The summed E-state index contributed by atoms with van der Waals surface area (Å²) in [7, 11) is 1.73. The Hall–Kier alpha value is -2.76. The van der Waals surface area contributed by atoms with Crippen LogP contribution in [0.15, 0.2) is 36.7 Å². The molecule has 1 aromatic heterocycles. The van der Waals surface area contributed by atoms with Crippen LogP contribution in [0.4, 0.5) is 5.69 Å². The third kappa shape index (κ3) is 3.06. The van der Waals surface area contributed by atoms with Crippen LogP contribution in [-0.4, -0.2) is 28.8 Å². The molecule has 0 unspecified atom stereocenters. The summed E-state index contributed by atoms with van der Waals surface area (Å²) in [5.41, 5.74) is 3.19. The van der Waals surface area contributed by atoms with E-state index in [0.717, 1.165) is 16.9 Å². The van der Waals surface area contributed by atoms with Crippen molar-refractivity contribution in [2.45, 2.75) is 25.8 Å². The summed E-state index contributed by atoms with van der Waals surface area (Å²) in [5.74, 6) is -0.687. The van der Waals surface area contributed by atoms with Crippen molar-refractivity contribution in [3.05, 3.63) is 53.6 Å². The number of carbonyl (C=O) groups excluding carboxylic acids is 2. The number of aromatic nitrogens is 2. The van der Waals surface area contributed by atoms with Gasteiger partial charge in [-0.1, -0.05) is 18.2 Å². The van der Waals surface area contributed by atoms with Crippen LogP contribution in [-0.2, 0) is 16.1 Å². The fraction of sp³-hybridized carbons (Fsp3) is 0.294. The van der Waals surface area contributed by atoms with Gasteiger partial charge in [-0.15, -0.1) is 0 Å². The van der Waals surface area contributed by atoms with Gasteiger partial charge in [-0.25, -0.2) is 0 Å². The summed E-state index contributed by atoms with van der Waals surface area (Å²) in [6.45, 7) is 2.16. The van der Waals surface area contributed by atoms with E-state index in [-0.39, 0.29) is 18.2 Å². The fourth-order valence-corrected chi connectivity index (χ4v) is 2.69. The van der Waals surface area contributed by atoms with Gasteiger partial charge in [-0.2, -0.15) is 0 Å². The lowest BCUT2D eigenvalue weighted by Crippen LogP contribution is -2.39. The average molecular weight is 310 g/mol. The van der Waals surface area contributed by atoms with E-state index in [9.17, 15) is 9.59 Å². The van der Waals surface area contributed by atoms with E-state index in [2.05, 4.69) is 15.3 Å². The van der Waals surface area contributed by atoms with Gasteiger partial charge >= 0.3 is 0 Å². The number of carbonyl (C=O) groups is 2. The first-order valence-corrected chi connectivity index (χ1v) is 7.47. The van der Waals surface area contributed by atoms with Crippen LogP contribution in [0.3, 0.4) is 0 Å². The number of anilines is 1. The maximum absolute atomic E-state index is 12.5. The van der Waals surface area contributed by atoms with Gasteiger partial charge in [0.15, 0.2) is 0 Å². The first-order valence-electron chi connectivity index (χ1n) is 7.47. The Balaban J connectivity index is 1.76. The van der Waals surface area contributed by atoms with Gasteiger partial charge in [0.25, 0.3) is 0 Å². The monoisotopic (exact) mass is 310 g/mol. The van der Waals surface area contributed by atoms with Gasteiger partial charge in [0.2, 0.25) is 11.8 Å². The lowest BCUT2D eigenvalue weighted by atomic mass is 9.89. The largest absolute Gasteiger partial charge is 0.350 e. The summed E-state index contributed by atoms with van der Waals surface area (Å²) in [6, 6.07) is 7.51. The fourth-order valence-electron chi connectivity index (χ4n) is 2.69. The normalized spacial score (nSPS) is 16.9. The highest BCUT2D eigenvalue weighted by Crippen LogP contribution is 2.35. The lowest BCUT2D eigenvalue weighted by molar-refractivity contribution is -0.127. The summed E-state index contributed by atoms with van der Waals surface area (Å²) in [4.78, 5) is 34.6. The van der Waals surface area contributed by atoms with Gasteiger partial charge in [0.1, 0.15) is 0 Å². The maximum Gasteiger partial charge on any atom is 0.228 e. The Bertz CT molecular complexity index is 743. The number of nitrogens with zero attached hydrogens (tertiary/aromatic N) is 3. The van der Waals surface area contributed by atoms with E-state index >= 15 is 0 Å². The van der Waals surface area contributed by atoms with Crippen molar-refractivity contribution in [1.29, 1.82) is 0 Å². The van der Waals surface area contributed by atoms with Crippen molar-refractivity contribution in [2.24, 2.45) is 0 Å². The highest BCUT2D eigenvalue weighted by Gasteiger charge is 2.33. The summed E-state index contributed by atoms with van der Waals surface area (Å²) in [6.07, 6.45) is 3.48. The predicted octanol–water partition coefficient (Wildman–Crippen LogP) is 1.55. The molecular weight excluding hydrogens is 292 g/mol. The summed E-state index contributed by atoms with van der Waals surface area (Å²) in [5, 5.41) is 2.85. The number of nitrogens with one attached hydrogen (secondary N) is 1. The molecule has 0 spiro atoms. The third-order valence-electron chi connectivity index (χ3n) is 4.02. The SMILES string of the molecule is Cc1cnc(CNC(=O)[C@H]2CC(=O)N(C)c3ccccc32)cn1. The van der Waals surface area contributed by atoms with Crippen LogP contribution in [0, 0.1) is 6.92 Å². The van der Waals surface area contributed by atoms with Crippen molar-refractivity contribution in [2.75, 3.05) is 11.9 Å². The number of para-hydroxylation sites is 1. The minimum atomic E-state index is -0.465. The van der Waals surface area contributed by atoms with E-state index < -0.39 is 5.92 Å². The highest BCUT2D eigenvalue weighted by atomic mass is 16.2. The van der Waals surface area contributed by atoms with Gasteiger partial charge < -0.3 is 10.2 Å². The second kappa shape index (κ2) is 6.16. The molecule has 6 heteroatoms. The van der Waals surface area contributed by atoms with Gasteiger partial charge in [-0.05, 0) is 18.6 Å². The molecular formula is C17H18N4O2. The average Bonchev–Trinajstić information content (AvgIpc) is 2.57. The van der Waals surface area contributed by atoms with Crippen molar-refractivity contribution in [1.82, 2.24) is 15.3 Å². The predicted molar refractivity (Wildman–Crippen MR) is 85.8 cm³/mol. The van der Waals surface area contributed by atoms with Crippen molar-refractivity contribution < 1.29 is 9.59 Å². The molecule has 1 aliphatic rings. The topological polar surface area (TPSA) is 75.2 Å². The van der Waals surface area contributed by atoms with Gasteiger partial charge in [0.05, 0.1) is 30.0 Å². The number of rotatable bonds is 3. The zero-order valence-electron chi connectivity index (χ0n) is 13.1. The second-order valence-electron chi connectivity index (χ2n) is 5.64. The molecule has 0 aliphatic carbocycles. The smallest absolute Gasteiger partial charge is 0.228 e. The van der Waals surface area contributed by atoms with E-state index in [1.165, 1.54) is 0 Å². The van der Waals surface area contributed by atoms with Crippen LogP contribution >= 0.6 is 0 Å². The molecule has 0 radical (unpaired) electrons. The summed E-state index contributed by atoms with van der Waals surface area (Å²) >= 11 is 0. The van der Waals surface area contributed by atoms with Gasteiger partial charge in [-0.3, -0.25) is 19.6 Å². The molecule has 118 valence electrons. The van der Waals surface area contributed by atoms with Crippen LogP contribution < -0.4 is 10.2 Å². The molecule has 2 heterocycles. The molecule has 0 saturated heterocycles. The third-order valence-corrected chi connectivity index (χ3v) is 4.02. The van der Waals surface area contributed by atoms with Crippen LogP contribution in [0.25, 0.3) is 0 Å². The Morgan fingerprint density at radius 2 is 2.09 bits per heavy atom. The molecule has 2 amide bonds. The van der Waals surface area contributed by atoms with Gasteiger partial charge in [0, 0.05) is 25.4 Å². The quantitative estimate of drug-likeness (QED) is 0.933. The van der Waals surface area contributed by atoms with E-state index in [0.29, 0.717) is 12.2 Å². The van der Waals surface area contributed by atoms with Crippen molar-refractivity contribution in [3.63, 3.8) is 0 Å². The molecule has 0 fully saturated rings. The molecule has 2 aromatic rings. The number of amides is 2. The van der Waals surface area contributed by atoms with Crippen LogP contribution in [0.2, 0.25) is 0 Å². The van der Waals surface area contributed by atoms with E-state index in [4.69, 9.17) is 0 Å². The number of hydrogen-bond donors (Lipinski definition) is 1. The molecule has 1 aliphatic heterocycles. The Kier molecular flexibility index (Phi) is 4.06. The number of benzene rings is 1. The zero-order chi connectivity index (χ0) is 16.4. The number of fused-ring (bicyclic) bond motifs is 1. The molecule has 0 bridgehead atoms. The molecule has 1 N–H and O–H groups in total. The van der Waals surface area contributed by atoms with E-state index in [1.807, 2.05) is 31.2 Å².